The van der Waals surface area contributed by atoms with Crippen molar-refractivity contribution in [1.29, 1.82) is 0 Å². The summed E-state index contributed by atoms with van der Waals surface area (Å²) in [5.41, 5.74) is 3.26. The summed E-state index contributed by atoms with van der Waals surface area (Å²) in [6.07, 6.45) is 3.21. The number of likely N-dealkylation sites (N-methyl/N-ethyl adjacent to an activating group) is 1. The Morgan fingerprint density at radius 2 is 1.83 bits per heavy atom. The summed E-state index contributed by atoms with van der Waals surface area (Å²) in [6.45, 7) is 13.3. The van der Waals surface area contributed by atoms with Crippen molar-refractivity contribution >= 4 is 16.8 Å². The monoisotopic (exact) mass is 494 g/mol. The Kier molecular flexibility index (Phi) is 11.5. The third kappa shape index (κ3) is 7.60. The van der Waals surface area contributed by atoms with Gasteiger partial charge in [-0.25, -0.2) is 0 Å². The molecule has 1 aromatic heterocycles. The summed E-state index contributed by atoms with van der Waals surface area (Å²) in [7, 11) is 4.07. The predicted octanol–water partition coefficient (Wildman–Crippen LogP) is 4.96. The molecule has 0 radical (unpaired) electrons. The Morgan fingerprint density at radius 1 is 1.14 bits per heavy atom. The number of benzene rings is 2. The standard InChI is InChI=1S/C21H30N4O2.C6H6O.C2H6/c1-5-23(3)10-7-11-25(6-2)21(27)20-13-17-16-12-15(26)8-9-18(16)22-19(17)14-24(20)4;7-6-4-2-1-3-5-6;1-2/h6,8-9,12,20,22,26H,2,5,7,10-11,13-14H2,1,3-4H3;1-5,7H;1-2H3/t20-;;/m0../s1. The van der Waals surface area contributed by atoms with Crippen LogP contribution in [0.15, 0.2) is 61.3 Å². The van der Waals surface area contributed by atoms with Crippen molar-refractivity contribution in [2.75, 3.05) is 33.7 Å². The summed E-state index contributed by atoms with van der Waals surface area (Å²) >= 11 is 0. The van der Waals surface area contributed by atoms with E-state index in [1.807, 2.05) is 33.0 Å². The van der Waals surface area contributed by atoms with Crippen LogP contribution in [0.3, 0.4) is 0 Å². The van der Waals surface area contributed by atoms with Crippen molar-refractivity contribution in [3.05, 3.63) is 72.6 Å². The zero-order chi connectivity index (χ0) is 26.7. The quantitative estimate of drug-likeness (QED) is 0.432. The first kappa shape index (κ1) is 28.9. The summed E-state index contributed by atoms with van der Waals surface area (Å²) < 4.78 is 0. The van der Waals surface area contributed by atoms with E-state index in [2.05, 4.69) is 35.3 Å². The number of nitrogens with zero attached hydrogens (tertiary/aromatic N) is 3. The molecule has 1 atom stereocenters. The van der Waals surface area contributed by atoms with E-state index in [9.17, 15) is 9.90 Å². The average Bonchev–Trinajstić information content (AvgIpc) is 3.24. The Labute approximate surface area is 215 Å². The van der Waals surface area contributed by atoms with Crippen molar-refractivity contribution in [1.82, 2.24) is 19.7 Å². The van der Waals surface area contributed by atoms with Crippen LogP contribution in [0, 0.1) is 0 Å². The van der Waals surface area contributed by atoms with Crippen LogP contribution in [0.2, 0.25) is 0 Å². The highest BCUT2D eigenvalue weighted by Gasteiger charge is 2.33. The topological polar surface area (TPSA) is 83.0 Å². The van der Waals surface area contributed by atoms with Gasteiger partial charge in [0.05, 0.1) is 6.04 Å². The van der Waals surface area contributed by atoms with Crippen LogP contribution in [-0.4, -0.2) is 75.6 Å². The highest BCUT2D eigenvalue weighted by Crippen LogP contribution is 2.32. The molecule has 0 fully saturated rings. The van der Waals surface area contributed by atoms with Gasteiger partial charge in [-0.1, -0.05) is 45.5 Å². The van der Waals surface area contributed by atoms with Crippen LogP contribution in [0.1, 0.15) is 38.4 Å². The maximum Gasteiger partial charge on any atom is 0.244 e. The SMILES string of the molecule is C=CN(CCCN(C)CC)C(=O)[C@@H]1Cc2c([nH]c3ccc(O)cc23)CN1C.CC.Oc1ccccc1. The molecule has 7 nitrogen and oxygen atoms in total. The van der Waals surface area contributed by atoms with E-state index in [0.717, 1.165) is 41.7 Å². The van der Waals surface area contributed by atoms with Gasteiger partial charge in [-0.15, -0.1) is 0 Å². The predicted molar refractivity (Wildman–Crippen MR) is 148 cm³/mol. The lowest BCUT2D eigenvalue weighted by molar-refractivity contribution is -0.134. The van der Waals surface area contributed by atoms with E-state index in [4.69, 9.17) is 5.11 Å². The van der Waals surface area contributed by atoms with Gasteiger partial charge in [-0.3, -0.25) is 9.69 Å². The number of hydrogen-bond donors (Lipinski definition) is 3. The molecule has 196 valence electrons. The molecular formula is C29H42N4O3. The lowest BCUT2D eigenvalue weighted by atomic mass is 9.96. The maximum absolute atomic E-state index is 13.2. The number of nitrogens with one attached hydrogen (secondary N) is 1. The lowest BCUT2D eigenvalue weighted by Crippen LogP contribution is -2.49. The van der Waals surface area contributed by atoms with Crippen molar-refractivity contribution in [2.24, 2.45) is 0 Å². The second-order valence-corrected chi connectivity index (χ2v) is 8.75. The number of rotatable bonds is 7. The smallest absolute Gasteiger partial charge is 0.244 e. The molecule has 36 heavy (non-hydrogen) atoms. The van der Waals surface area contributed by atoms with E-state index in [0.29, 0.717) is 25.3 Å². The second kappa shape index (κ2) is 14.3. The van der Waals surface area contributed by atoms with Gasteiger partial charge in [-0.2, -0.15) is 0 Å². The third-order valence-corrected chi connectivity index (χ3v) is 6.34. The Morgan fingerprint density at radius 3 is 2.42 bits per heavy atom. The number of fused-ring (bicyclic) bond motifs is 3. The number of aromatic hydroxyl groups is 2. The number of H-pyrrole nitrogens is 1. The molecule has 4 rings (SSSR count). The Bertz CT molecular complexity index is 1100. The maximum atomic E-state index is 13.2. The molecular weight excluding hydrogens is 452 g/mol. The van der Waals surface area contributed by atoms with Gasteiger partial charge in [0.1, 0.15) is 11.5 Å². The molecule has 1 amide bonds. The fourth-order valence-electron chi connectivity index (χ4n) is 4.22. The molecule has 7 heteroatoms. The molecule has 0 aliphatic carbocycles. The molecule has 2 aromatic carbocycles. The number of aromatic nitrogens is 1. The number of carbonyl (C=O) groups is 1. The van der Waals surface area contributed by atoms with Crippen molar-refractivity contribution in [3.63, 3.8) is 0 Å². The van der Waals surface area contributed by atoms with Crippen molar-refractivity contribution < 1.29 is 15.0 Å². The van der Waals surface area contributed by atoms with Crippen LogP contribution < -0.4 is 0 Å². The molecule has 0 spiro atoms. The number of amides is 1. The van der Waals surface area contributed by atoms with Crippen LogP contribution in [0.5, 0.6) is 11.5 Å². The summed E-state index contributed by atoms with van der Waals surface area (Å²) in [5, 5.41) is 19.5. The largest absolute Gasteiger partial charge is 0.508 e. The van der Waals surface area contributed by atoms with Gasteiger partial charge in [0, 0.05) is 29.7 Å². The first-order valence-corrected chi connectivity index (χ1v) is 12.7. The molecule has 0 unspecified atom stereocenters. The van der Waals surface area contributed by atoms with Gasteiger partial charge in [-0.05, 0) is 82.1 Å². The summed E-state index contributed by atoms with van der Waals surface area (Å²) in [6, 6.07) is 13.8. The van der Waals surface area contributed by atoms with Crippen LogP contribution in [-0.2, 0) is 17.8 Å². The van der Waals surface area contributed by atoms with E-state index in [1.54, 1.807) is 47.5 Å². The van der Waals surface area contributed by atoms with E-state index >= 15 is 0 Å². The highest BCUT2D eigenvalue weighted by atomic mass is 16.3. The first-order valence-electron chi connectivity index (χ1n) is 12.7. The zero-order valence-corrected chi connectivity index (χ0v) is 22.4. The van der Waals surface area contributed by atoms with Crippen LogP contribution >= 0.6 is 0 Å². The molecule has 1 aliphatic rings. The van der Waals surface area contributed by atoms with Gasteiger partial charge >= 0.3 is 0 Å². The minimum Gasteiger partial charge on any atom is -0.508 e. The molecule has 1 aliphatic heterocycles. The van der Waals surface area contributed by atoms with Crippen molar-refractivity contribution in [3.8, 4) is 11.5 Å². The molecule has 3 aromatic rings. The zero-order valence-electron chi connectivity index (χ0n) is 22.4. The Hall–Kier alpha value is -3.29. The van der Waals surface area contributed by atoms with Gasteiger partial charge in [0.25, 0.3) is 0 Å². The third-order valence-electron chi connectivity index (χ3n) is 6.34. The molecule has 0 saturated heterocycles. The lowest BCUT2D eigenvalue weighted by Gasteiger charge is -2.34. The Balaban J connectivity index is 0.000000431. The highest BCUT2D eigenvalue weighted by molar-refractivity contribution is 5.89. The summed E-state index contributed by atoms with van der Waals surface area (Å²) in [5.74, 6) is 0.660. The second-order valence-electron chi connectivity index (χ2n) is 8.75. The molecule has 2 heterocycles. The van der Waals surface area contributed by atoms with Crippen LogP contribution in [0.4, 0.5) is 0 Å². The van der Waals surface area contributed by atoms with Crippen molar-refractivity contribution in [2.45, 2.75) is 46.2 Å². The number of aromatic amines is 1. The van der Waals surface area contributed by atoms with Crippen LogP contribution in [0.25, 0.3) is 10.9 Å². The number of carbonyl (C=O) groups excluding carboxylic acids is 1. The number of hydrogen-bond acceptors (Lipinski definition) is 5. The minimum absolute atomic E-state index is 0.0896. The summed E-state index contributed by atoms with van der Waals surface area (Å²) in [4.78, 5) is 22.7. The molecule has 0 bridgehead atoms. The van der Waals surface area contributed by atoms with Gasteiger partial charge < -0.3 is 25.0 Å². The van der Waals surface area contributed by atoms with E-state index in [-0.39, 0.29) is 17.7 Å². The number of para-hydroxylation sites is 1. The normalized spacial score (nSPS) is 14.8. The minimum atomic E-state index is -0.222. The van der Waals surface area contributed by atoms with E-state index in [1.165, 1.54) is 0 Å². The molecule has 0 saturated carbocycles. The number of phenols is 2. The average molecular weight is 495 g/mol. The fraction of sp³-hybridized carbons (Fsp3) is 0.414. The van der Waals surface area contributed by atoms with Gasteiger partial charge in [0.2, 0.25) is 5.91 Å². The van der Waals surface area contributed by atoms with Gasteiger partial charge in [0.15, 0.2) is 0 Å². The van der Waals surface area contributed by atoms with E-state index < -0.39 is 0 Å². The fourth-order valence-corrected chi connectivity index (χ4v) is 4.22. The number of phenolic OH excluding ortho intramolecular Hbond substituents is 2. The first-order chi connectivity index (χ1) is 17.3. The molecule has 3 N–H and O–H groups in total.